The molecule has 0 aliphatic rings. The summed E-state index contributed by atoms with van der Waals surface area (Å²) < 4.78 is 72.0. The first-order valence-electron chi connectivity index (χ1n) is 7.90. The third kappa shape index (κ3) is 4.83. The van der Waals surface area contributed by atoms with Crippen LogP contribution in [-0.2, 0) is 14.8 Å². The molecule has 0 spiro atoms. The van der Waals surface area contributed by atoms with Crippen LogP contribution in [0.4, 0.5) is 18.9 Å². The smallest absolute Gasteiger partial charge is 0.247 e. The zero-order chi connectivity index (χ0) is 21.1. The van der Waals surface area contributed by atoms with Crippen LogP contribution in [0.5, 0.6) is 5.75 Å². The van der Waals surface area contributed by atoms with Gasteiger partial charge in [-0.2, -0.15) is 4.31 Å². The van der Waals surface area contributed by atoms with E-state index in [0.29, 0.717) is 10.5 Å². The van der Waals surface area contributed by atoms with Gasteiger partial charge in [0.2, 0.25) is 15.9 Å². The maximum Gasteiger partial charge on any atom is 0.247 e. The van der Waals surface area contributed by atoms with E-state index in [1.165, 1.54) is 12.1 Å². The molecule has 6 nitrogen and oxygen atoms in total. The van der Waals surface area contributed by atoms with Gasteiger partial charge in [-0.25, -0.2) is 21.6 Å². The van der Waals surface area contributed by atoms with Gasteiger partial charge >= 0.3 is 0 Å². The number of amides is 1. The van der Waals surface area contributed by atoms with Gasteiger partial charge < -0.3 is 10.1 Å². The van der Waals surface area contributed by atoms with Crippen molar-refractivity contribution in [2.24, 2.45) is 0 Å². The maximum atomic E-state index is 13.7. The molecule has 0 aliphatic heterocycles. The number of nitrogens with zero attached hydrogens (tertiary/aromatic N) is 1. The number of halogens is 4. The van der Waals surface area contributed by atoms with Crippen molar-refractivity contribution < 1.29 is 31.1 Å². The van der Waals surface area contributed by atoms with Crippen LogP contribution in [0.1, 0.15) is 6.92 Å². The van der Waals surface area contributed by atoms with Crippen molar-refractivity contribution >= 4 is 37.5 Å². The van der Waals surface area contributed by atoms with Gasteiger partial charge in [0, 0.05) is 11.5 Å². The van der Waals surface area contributed by atoms with Gasteiger partial charge in [0.1, 0.15) is 10.6 Å². The molecule has 0 aliphatic carbocycles. The van der Waals surface area contributed by atoms with Crippen molar-refractivity contribution in [3.8, 4) is 5.75 Å². The number of sulfonamides is 1. The van der Waals surface area contributed by atoms with Crippen molar-refractivity contribution in [2.75, 3.05) is 25.5 Å². The Labute approximate surface area is 168 Å². The predicted octanol–water partition coefficient (Wildman–Crippen LogP) is 3.52. The summed E-state index contributed by atoms with van der Waals surface area (Å²) >= 11 is 3.18. The minimum Gasteiger partial charge on any atom is -0.492 e. The molecule has 152 valence electrons. The summed E-state index contributed by atoms with van der Waals surface area (Å²) in [5, 5.41) is 2.02. The van der Waals surface area contributed by atoms with Gasteiger partial charge in [-0.1, -0.05) is 15.9 Å². The van der Waals surface area contributed by atoms with Gasteiger partial charge in [-0.3, -0.25) is 4.79 Å². The fraction of sp³-hybridized carbons (Fsp3) is 0.235. The lowest BCUT2D eigenvalue weighted by Gasteiger charge is -2.19. The highest BCUT2D eigenvalue weighted by Crippen LogP contribution is 2.29. The van der Waals surface area contributed by atoms with Crippen LogP contribution < -0.4 is 10.1 Å². The van der Waals surface area contributed by atoms with E-state index in [9.17, 15) is 26.4 Å². The van der Waals surface area contributed by atoms with E-state index >= 15 is 0 Å². The topological polar surface area (TPSA) is 75.7 Å². The molecule has 0 saturated heterocycles. The molecule has 2 rings (SSSR count). The van der Waals surface area contributed by atoms with Crippen LogP contribution >= 0.6 is 15.9 Å². The first-order valence-corrected chi connectivity index (χ1v) is 10.1. The minimum atomic E-state index is -4.14. The zero-order valence-corrected chi connectivity index (χ0v) is 17.2. The molecule has 2 aromatic carbocycles. The summed E-state index contributed by atoms with van der Waals surface area (Å²) in [6.07, 6.45) is 0. The maximum absolute atomic E-state index is 13.7. The van der Waals surface area contributed by atoms with E-state index < -0.39 is 45.6 Å². The molecule has 0 unspecified atom stereocenters. The van der Waals surface area contributed by atoms with E-state index in [1.54, 1.807) is 13.0 Å². The SMILES string of the molecule is CCOc1ccc(Br)cc1S(=O)(=O)N(C)CC(=O)Nc1ccc(F)c(F)c1F. The van der Waals surface area contributed by atoms with E-state index in [0.717, 1.165) is 17.4 Å². The Kier molecular flexibility index (Phi) is 7.07. The lowest BCUT2D eigenvalue weighted by molar-refractivity contribution is -0.116. The molecule has 1 amide bonds. The standard InChI is InChI=1S/C17H16BrF3N2O4S/c1-3-27-13-7-4-10(18)8-14(13)28(25,26)23(2)9-15(24)22-12-6-5-11(19)16(20)17(12)21/h4-8H,3,9H2,1-2H3,(H,22,24). The summed E-state index contributed by atoms with van der Waals surface area (Å²) in [6.45, 7) is 1.22. The molecule has 28 heavy (non-hydrogen) atoms. The highest BCUT2D eigenvalue weighted by molar-refractivity contribution is 9.10. The Morgan fingerprint density at radius 1 is 1.18 bits per heavy atom. The number of rotatable bonds is 7. The number of nitrogens with one attached hydrogen (secondary N) is 1. The van der Waals surface area contributed by atoms with Crippen molar-refractivity contribution in [1.82, 2.24) is 4.31 Å². The predicted molar refractivity (Wildman–Crippen MR) is 100 cm³/mol. The Morgan fingerprint density at radius 3 is 2.50 bits per heavy atom. The van der Waals surface area contributed by atoms with E-state index in [2.05, 4.69) is 15.9 Å². The second kappa shape index (κ2) is 8.93. The number of benzene rings is 2. The Hall–Kier alpha value is -2.11. The molecule has 0 radical (unpaired) electrons. The molecular formula is C17H16BrF3N2O4S. The lowest BCUT2D eigenvalue weighted by Crippen LogP contribution is -2.35. The number of hydrogen-bond donors (Lipinski definition) is 1. The highest BCUT2D eigenvalue weighted by Gasteiger charge is 2.27. The third-order valence-corrected chi connectivity index (χ3v) is 5.89. The molecule has 0 bridgehead atoms. The van der Waals surface area contributed by atoms with Crippen LogP contribution in [-0.4, -0.2) is 38.8 Å². The van der Waals surface area contributed by atoms with Crippen molar-refractivity contribution in [3.63, 3.8) is 0 Å². The fourth-order valence-electron chi connectivity index (χ4n) is 2.23. The van der Waals surface area contributed by atoms with E-state index in [4.69, 9.17) is 4.74 Å². The number of likely N-dealkylation sites (N-methyl/N-ethyl adjacent to an activating group) is 1. The first-order chi connectivity index (χ1) is 13.1. The third-order valence-electron chi connectivity index (χ3n) is 3.57. The van der Waals surface area contributed by atoms with Gasteiger partial charge in [0.15, 0.2) is 17.5 Å². The van der Waals surface area contributed by atoms with Gasteiger partial charge in [-0.15, -0.1) is 0 Å². The molecule has 0 fully saturated rings. The summed E-state index contributed by atoms with van der Waals surface area (Å²) in [7, 11) is -2.99. The van der Waals surface area contributed by atoms with Crippen molar-refractivity contribution in [2.45, 2.75) is 11.8 Å². The summed E-state index contributed by atoms with van der Waals surface area (Å²) in [5.74, 6) is -5.57. The number of anilines is 1. The average Bonchev–Trinajstić information content (AvgIpc) is 2.63. The molecule has 1 N–H and O–H groups in total. The summed E-state index contributed by atoms with van der Waals surface area (Å²) in [4.78, 5) is 11.9. The molecule has 2 aromatic rings. The molecule has 0 aromatic heterocycles. The molecule has 11 heteroatoms. The van der Waals surface area contributed by atoms with Crippen LogP contribution in [0.2, 0.25) is 0 Å². The van der Waals surface area contributed by atoms with Crippen LogP contribution in [0.3, 0.4) is 0 Å². The number of hydrogen-bond acceptors (Lipinski definition) is 4. The van der Waals surface area contributed by atoms with Crippen molar-refractivity contribution in [3.05, 3.63) is 52.3 Å². The molecular weight excluding hydrogens is 465 g/mol. The molecule has 0 heterocycles. The lowest BCUT2D eigenvalue weighted by atomic mass is 10.3. The zero-order valence-electron chi connectivity index (χ0n) is 14.8. The van der Waals surface area contributed by atoms with E-state index in [1.807, 2.05) is 5.32 Å². The number of carbonyl (C=O) groups is 1. The quantitative estimate of drug-likeness (QED) is 0.615. The second-order valence-corrected chi connectivity index (χ2v) is 8.49. The minimum absolute atomic E-state index is 0.101. The summed E-state index contributed by atoms with van der Waals surface area (Å²) in [6, 6.07) is 5.86. The average molecular weight is 481 g/mol. The number of carbonyl (C=O) groups excluding carboxylic acids is 1. The number of ether oxygens (including phenoxy) is 1. The monoisotopic (exact) mass is 480 g/mol. The second-order valence-electron chi connectivity index (χ2n) is 5.56. The largest absolute Gasteiger partial charge is 0.492 e. The van der Waals surface area contributed by atoms with Crippen LogP contribution in [0.25, 0.3) is 0 Å². The van der Waals surface area contributed by atoms with Crippen LogP contribution in [0, 0.1) is 17.5 Å². The van der Waals surface area contributed by atoms with Gasteiger partial charge in [-0.05, 0) is 37.3 Å². The first kappa shape index (κ1) is 22.2. The Balaban J connectivity index is 2.22. The fourth-order valence-corrected chi connectivity index (χ4v) is 4.02. The van der Waals surface area contributed by atoms with Crippen molar-refractivity contribution in [1.29, 1.82) is 0 Å². The summed E-state index contributed by atoms with van der Waals surface area (Å²) in [5.41, 5.74) is -0.604. The van der Waals surface area contributed by atoms with Gasteiger partial charge in [0.05, 0.1) is 18.8 Å². The molecule has 0 atom stereocenters. The van der Waals surface area contributed by atoms with Gasteiger partial charge in [0.25, 0.3) is 0 Å². The normalized spacial score (nSPS) is 11.5. The Morgan fingerprint density at radius 2 is 1.86 bits per heavy atom. The highest BCUT2D eigenvalue weighted by atomic mass is 79.9. The van der Waals surface area contributed by atoms with E-state index in [-0.39, 0.29) is 17.3 Å². The Bertz CT molecular complexity index is 1000. The molecule has 0 saturated carbocycles. The van der Waals surface area contributed by atoms with Crippen LogP contribution in [0.15, 0.2) is 39.7 Å².